The zero-order valence-electron chi connectivity index (χ0n) is 18.2. The number of carbonyl (C=O) groups excluding carboxylic acids is 1. The smallest absolute Gasteiger partial charge is 0.274 e. The van der Waals surface area contributed by atoms with Gasteiger partial charge in [0.25, 0.3) is 5.91 Å². The zero-order valence-corrected chi connectivity index (χ0v) is 19.0. The van der Waals surface area contributed by atoms with Gasteiger partial charge in [-0.25, -0.2) is 9.37 Å². The maximum absolute atomic E-state index is 14.8. The number of anilines is 1. The number of hydrogen-bond acceptors (Lipinski definition) is 5. The van der Waals surface area contributed by atoms with Crippen molar-refractivity contribution in [2.75, 3.05) is 11.6 Å². The summed E-state index contributed by atoms with van der Waals surface area (Å²) < 4.78 is 18.6. The van der Waals surface area contributed by atoms with Crippen LogP contribution in [-0.2, 0) is 13.0 Å². The Kier molecular flexibility index (Phi) is 5.95. The average Bonchev–Trinajstić information content (AvgIpc) is 3.38. The predicted octanol–water partition coefficient (Wildman–Crippen LogP) is 4.97. The van der Waals surface area contributed by atoms with Crippen LogP contribution in [0.4, 0.5) is 10.1 Å². The highest BCUT2D eigenvalue weighted by Gasteiger charge is 2.21. The first kappa shape index (κ1) is 21.4. The number of imidazole rings is 1. The van der Waals surface area contributed by atoms with Crippen molar-refractivity contribution in [1.29, 1.82) is 0 Å². The van der Waals surface area contributed by atoms with Gasteiger partial charge in [0, 0.05) is 24.3 Å². The Hall–Kier alpha value is -3.46. The van der Waals surface area contributed by atoms with Crippen LogP contribution in [0.1, 0.15) is 35.6 Å². The third kappa shape index (κ3) is 4.16. The molecular weight excluding hydrogens is 439 g/mol. The molecular formula is C24H23FN6OS. The van der Waals surface area contributed by atoms with Gasteiger partial charge in [-0.15, -0.1) is 10.2 Å². The molecule has 2 aromatic carbocycles. The molecule has 1 amide bonds. The molecule has 0 spiro atoms. The normalized spacial score (nSPS) is 13.4. The molecule has 0 saturated heterocycles. The van der Waals surface area contributed by atoms with E-state index >= 15 is 0 Å². The average molecular weight is 463 g/mol. The molecule has 33 heavy (non-hydrogen) atoms. The van der Waals surface area contributed by atoms with Crippen LogP contribution in [-0.4, -0.2) is 36.5 Å². The quantitative estimate of drug-likeness (QED) is 0.424. The molecule has 9 heteroatoms. The molecule has 0 fully saturated rings. The standard InChI is InChI=1S/C24H23FN6OS/c1-33-24-26-15-20(31(24)17-8-4-2-5-9-17)23(32)27-16-11-12-19(25)18(14-16)22-29-28-21-10-6-3-7-13-30(21)22/h2,4-5,8-9,11-12,14-15H,3,6-7,10,13H2,1H3,(H,27,32). The number of benzene rings is 2. The van der Waals surface area contributed by atoms with E-state index in [9.17, 15) is 9.18 Å². The van der Waals surface area contributed by atoms with Crippen molar-refractivity contribution in [2.24, 2.45) is 0 Å². The molecule has 1 aliphatic rings. The highest BCUT2D eigenvalue weighted by Crippen LogP contribution is 2.28. The minimum Gasteiger partial charge on any atom is -0.321 e. The highest BCUT2D eigenvalue weighted by molar-refractivity contribution is 7.98. The number of hydrogen-bond donors (Lipinski definition) is 1. The number of carbonyl (C=O) groups is 1. The summed E-state index contributed by atoms with van der Waals surface area (Å²) in [5.74, 6) is 0.655. The molecule has 1 aliphatic heterocycles. The number of amides is 1. The Balaban J connectivity index is 1.47. The molecule has 4 aromatic rings. The Labute approximate surface area is 195 Å². The number of fused-ring (bicyclic) bond motifs is 1. The second-order valence-corrected chi connectivity index (χ2v) is 8.63. The van der Waals surface area contributed by atoms with Gasteiger partial charge in [0.15, 0.2) is 11.0 Å². The second kappa shape index (κ2) is 9.19. The first-order chi connectivity index (χ1) is 16.2. The van der Waals surface area contributed by atoms with Crippen molar-refractivity contribution < 1.29 is 9.18 Å². The first-order valence-electron chi connectivity index (χ1n) is 10.9. The van der Waals surface area contributed by atoms with Gasteiger partial charge in [0.05, 0.1) is 11.8 Å². The molecule has 5 rings (SSSR count). The Morgan fingerprint density at radius 2 is 1.94 bits per heavy atom. The Morgan fingerprint density at radius 1 is 1.09 bits per heavy atom. The van der Waals surface area contributed by atoms with E-state index in [0.717, 1.165) is 43.7 Å². The fraction of sp³-hybridized carbons (Fsp3) is 0.250. The van der Waals surface area contributed by atoms with Crippen LogP contribution in [0.15, 0.2) is 59.9 Å². The van der Waals surface area contributed by atoms with Crippen molar-refractivity contribution in [1.82, 2.24) is 24.3 Å². The van der Waals surface area contributed by atoms with E-state index in [1.807, 2.05) is 45.7 Å². The van der Waals surface area contributed by atoms with E-state index < -0.39 is 5.82 Å². The minimum atomic E-state index is -0.397. The third-order valence-corrected chi connectivity index (χ3v) is 6.39. The van der Waals surface area contributed by atoms with Crippen LogP contribution in [0.25, 0.3) is 17.1 Å². The van der Waals surface area contributed by atoms with Crippen molar-refractivity contribution in [2.45, 2.75) is 37.4 Å². The second-order valence-electron chi connectivity index (χ2n) is 7.85. The lowest BCUT2D eigenvalue weighted by Gasteiger charge is -2.12. The summed E-state index contributed by atoms with van der Waals surface area (Å²) >= 11 is 1.46. The van der Waals surface area contributed by atoms with Gasteiger partial charge in [0.2, 0.25) is 0 Å². The third-order valence-electron chi connectivity index (χ3n) is 5.73. The molecule has 0 saturated carbocycles. The van der Waals surface area contributed by atoms with Crippen LogP contribution in [0.3, 0.4) is 0 Å². The molecule has 0 unspecified atom stereocenters. The topological polar surface area (TPSA) is 77.6 Å². The lowest BCUT2D eigenvalue weighted by atomic mass is 10.1. The molecule has 3 heterocycles. The fourth-order valence-corrected chi connectivity index (χ4v) is 4.66. The fourth-order valence-electron chi connectivity index (χ4n) is 4.12. The summed E-state index contributed by atoms with van der Waals surface area (Å²) in [5.41, 5.74) is 2.05. The van der Waals surface area contributed by atoms with Crippen molar-refractivity contribution in [3.8, 4) is 17.1 Å². The number of halogens is 1. The Morgan fingerprint density at radius 3 is 2.76 bits per heavy atom. The van der Waals surface area contributed by atoms with Crippen LogP contribution in [0.5, 0.6) is 0 Å². The SMILES string of the molecule is CSc1ncc(C(=O)Nc2ccc(F)c(-c3nnc4n3CCCCC4)c2)n1-c1ccccc1. The number of aryl methyl sites for hydroxylation is 1. The zero-order chi connectivity index (χ0) is 22.8. The molecule has 0 bridgehead atoms. The maximum atomic E-state index is 14.8. The van der Waals surface area contributed by atoms with E-state index in [1.54, 1.807) is 18.3 Å². The predicted molar refractivity (Wildman–Crippen MR) is 126 cm³/mol. The summed E-state index contributed by atoms with van der Waals surface area (Å²) in [6.45, 7) is 0.765. The number of nitrogens with one attached hydrogen (secondary N) is 1. The molecule has 0 radical (unpaired) electrons. The van der Waals surface area contributed by atoms with Crippen LogP contribution in [0, 0.1) is 5.82 Å². The molecule has 7 nitrogen and oxygen atoms in total. The lowest BCUT2D eigenvalue weighted by molar-refractivity contribution is 0.102. The lowest BCUT2D eigenvalue weighted by Crippen LogP contribution is -2.17. The van der Waals surface area contributed by atoms with Gasteiger partial charge in [-0.3, -0.25) is 9.36 Å². The molecule has 168 valence electrons. The summed E-state index contributed by atoms with van der Waals surface area (Å²) in [4.78, 5) is 17.6. The van der Waals surface area contributed by atoms with Crippen molar-refractivity contribution in [3.63, 3.8) is 0 Å². The number of thioether (sulfide) groups is 1. The van der Waals surface area contributed by atoms with E-state index in [4.69, 9.17) is 0 Å². The molecule has 1 N–H and O–H groups in total. The van der Waals surface area contributed by atoms with Crippen LogP contribution >= 0.6 is 11.8 Å². The summed E-state index contributed by atoms with van der Waals surface area (Å²) in [6.07, 6.45) is 7.50. The number of rotatable bonds is 5. The minimum absolute atomic E-state index is 0.329. The number of aromatic nitrogens is 5. The van der Waals surface area contributed by atoms with E-state index in [2.05, 4.69) is 20.5 Å². The van der Waals surface area contributed by atoms with E-state index in [-0.39, 0.29) is 5.91 Å². The summed E-state index contributed by atoms with van der Waals surface area (Å²) in [5, 5.41) is 12.1. The first-order valence-corrected chi connectivity index (χ1v) is 12.1. The van der Waals surface area contributed by atoms with Gasteiger partial charge in [0.1, 0.15) is 17.3 Å². The van der Waals surface area contributed by atoms with E-state index in [0.29, 0.717) is 27.9 Å². The van der Waals surface area contributed by atoms with Crippen molar-refractivity contribution >= 4 is 23.4 Å². The molecule has 0 atom stereocenters. The molecule has 0 aliphatic carbocycles. The summed E-state index contributed by atoms with van der Waals surface area (Å²) in [6, 6.07) is 14.1. The summed E-state index contributed by atoms with van der Waals surface area (Å²) in [7, 11) is 0. The number of nitrogens with zero attached hydrogens (tertiary/aromatic N) is 5. The number of para-hydroxylation sites is 1. The monoisotopic (exact) mass is 462 g/mol. The van der Waals surface area contributed by atoms with Gasteiger partial charge in [-0.1, -0.05) is 36.4 Å². The van der Waals surface area contributed by atoms with Gasteiger partial charge >= 0.3 is 0 Å². The van der Waals surface area contributed by atoms with E-state index in [1.165, 1.54) is 17.8 Å². The highest BCUT2D eigenvalue weighted by atomic mass is 32.2. The van der Waals surface area contributed by atoms with Crippen molar-refractivity contribution in [3.05, 3.63) is 72.1 Å². The largest absolute Gasteiger partial charge is 0.321 e. The van der Waals surface area contributed by atoms with Gasteiger partial charge in [-0.05, 0) is 49.4 Å². The van der Waals surface area contributed by atoms with Gasteiger partial charge in [-0.2, -0.15) is 0 Å². The van der Waals surface area contributed by atoms with Crippen LogP contribution < -0.4 is 5.32 Å². The van der Waals surface area contributed by atoms with Gasteiger partial charge < -0.3 is 9.88 Å². The Bertz CT molecular complexity index is 1300. The van der Waals surface area contributed by atoms with Crippen LogP contribution in [0.2, 0.25) is 0 Å². The molecule has 2 aromatic heterocycles. The maximum Gasteiger partial charge on any atom is 0.274 e.